The Bertz CT molecular complexity index is 573. The molecule has 0 aliphatic carbocycles. The van der Waals surface area contributed by atoms with E-state index >= 15 is 0 Å². The molecule has 1 saturated heterocycles. The van der Waals surface area contributed by atoms with Crippen molar-refractivity contribution in [2.24, 2.45) is 0 Å². The minimum absolute atomic E-state index is 0.547. The number of piperidine rings is 1. The fraction of sp³-hybridized carbons (Fsp3) is 0.429. The number of benzene rings is 1. The van der Waals surface area contributed by atoms with Gasteiger partial charge in [0.2, 0.25) is 0 Å². The highest BCUT2D eigenvalue weighted by Gasteiger charge is 2.18. The largest absolute Gasteiger partial charge is 0.398 e. The lowest BCUT2D eigenvalue weighted by molar-refractivity contribution is 0.426. The highest BCUT2D eigenvalue weighted by atomic mass is 16.5. The van der Waals surface area contributed by atoms with Crippen LogP contribution in [0.1, 0.15) is 24.8 Å². The van der Waals surface area contributed by atoms with Gasteiger partial charge in [0.25, 0.3) is 11.8 Å². The lowest BCUT2D eigenvalue weighted by Gasteiger charge is -2.24. The molecule has 0 bridgehead atoms. The SMILES string of the molecule is Cc1c(N)cccc1-c1nc(N2CCCCC2)no1. The summed E-state index contributed by atoms with van der Waals surface area (Å²) in [6, 6.07) is 5.74. The number of rotatable bonds is 2. The summed E-state index contributed by atoms with van der Waals surface area (Å²) in [5.74, 6) is 1.24. The minimum Gasteiger partial charge on any atom is -0.398 e. The lowest BCUT2D eigenvalue weighted by atomic mass is 10.1. The first kappa shape index (κ1) is 12.0. The van der Waals surface area contributed by atoms with Crippen LogP contribution < -0.4 is 10.6 Å². The molecule has 0 saturated carbocycles. The Morgan fingerprint density at radius 1 is 1.21 bits per heavy atom. The van der Waals surface area contributed by atoms with Crippen LogP contribution in [0.15, 0.2) is 22.7 Å². The average Bonchev–Trinajstić information content (AvgIpc) is 2.92. The van der Waals surface area contributed by atoms with Gasteiger partial charge in [-0.15, -0.1) is 0 Å². The van der Waals surface area contributed by atoms with Crippen molar-refractivity contribution in [3.63, 3.8) is 0 Å². The molecule has 100 valence electrons. The van der Waals surface area contributed by atoms with E-state index in [9.17, 15) is 0 Å². The fourth-order valence-corrected chi connectivity index (χ4v) is 2.43. The molecule has 0 unspecified atom stereocenters. The van der Waals surface area contributed by atoms with Gasteiger partial charge in [0, 0.05) is 24.3 Å². The van der Waals surface area contributed by atoms with Crippen molar-refractivity contribution < 1.29 is 4.52 Å². The molecule has 1 aliphatic heterocycles. The highest BCUT2D eigenvalue weighted by Crippen LogP contribution is 2.27. The van der Waals surface area contributed by atoms with Gasteiger partial charge in [-0.1, -0.05) is 6.07 Å². The zero-order valence-corrected chi connectivity index (χ0v) is 11.1. The maximum Gasteiger partial charge on any atom is 0.266 e. The molecular weight excluding hydrogens is 240 g/mol. The van der Waals surface area contributed by atoms with Gasteiger partial charge in [-0.25, -0.2) is 0 Å². The van der Waals surface area contributed by atoms with Crippen LogP contribution in [-0.4, -0.2) is 23.2 Å². The van der Waals surface area contributed by atoms with Crippen molar-refractivity contribution in [2.75, 3.05) is 23.7 Å². The number of hydrogen-bond acceptors (Lipinski definition) is 5. The number of nitrogen functional groups attached to an aromatic ring is 1. The van der Waals surface area contributed by atoms with Crippen molar-refractivity contribution in [2.45, 2.75) is 26.2 Å². The van der Waals surface area contributed by atoms with Gasteiger partial charge in [-0.05, 0) is 49.0 Å². The van der Waals surface area contributed by atoms with E-state index < -0.39 is 0 Å². The van der Waals surface area contributed by atoms with E-state index in [4.69, 9.17) is 10.3 Å². The Labute approximate surface area is 112 Å². The molecule has 1 aliphatic rings. The fourth-order valence-electron chi connectivity index (χ4n) is 2.43. The van der Waals surface area contributed by atoms with Crippen molar-refractivity contribution in [3.05, 3.63) is 23.8 Å². The summed E-state index contributed by atoms with van der Waals surface area (Å²) in [6.07, 6.45) is 3.68. The second-order valence-corrected chi connectivity index (χ2v) is 4.97. The smallest absolute Gasteiger partial charge is 0.266 e. The monoisotopic (exact) mass is 258 g/mol. The Morgan fingerprint density at radius 3 is 2.79 bits per heavy atom. The van der Waals surface area contributed by atoms with E-state index in [1.807, 2.05) is 25.1 Å². The summed E-state index contributed by atoms with van der Waals surface area (Å²) < 4.78 is 5.38. The Kier molecular flexibility index (Phi) is 3.11. The topological polar surface area (TPSA) is 68.2 Å². The third-order valence-corrected chi connectivity index (χ3v) is 3.66. The molecule has 1 aromatic carbocycles. The molecule has 0 radical (unpaired) electrons. The molecule has 19 heavy (non-hydrogen) atoms. The van der Waals surface area contributed by atoms with Crippen LogP contribution in [0.2, 0.25) is 0 Å². The normalized spacial score (nSPS) is 15.7. The van der Waals surface area contributed by atoms with E-state index in [0.29, 0.717) is 11.8 Å². The summed E-state index contributed by atoms with van der Waals surface area (Å²) in [5.41, 5.74) is 8.55. The second-order valence-electron chi connectivity index (χ2n) is 4.97. The first-order valence-electron chi connectivity index (χ1n) is 6.70. The highest BCUT2D eigenvalue weighted by molar-refractivity contribution is 5.67. The van der Waals surface area contributed by atoms with Crippen LogP contribution in [0.5, 0.6) is 0 Å². The summed E-state index contributed by atoms with van der Waals surface area (Å²) >= 11 is 0. The maximum absolute atomic E-state index is 5.91. The maximum atomic E-state index is 5.91. The first-order valence-corrected chi connectivity index (χ1v) is 6.70. The van der Waals surface area contributed by atoms with Crippen LogP contribution >= 0.6 is 0 Å². The van der Waals surface area contributed by atoms with Gasteiger partial charge in [-0.2, -0.15) is 4.98 Å². The average molecular weight is 258 g/mol. The Hall–Kier alpha value is -2.04. The van der Waals surface area contributed by atoms with Crippen molar-refractivity contribution in [3.8, 4) is 11.5 Å². The van der Waals surface area contributed by atoms with E-state index in [0.717, 1.165) is 29.9 Å². The standard InChI is InChI=1S/C14H18N4O/c1-10-11(6-5-7-12(10)15)13-16-14(17-19-13)18-8-3-2-4-9-18/h5-7H,2-4,8-9,15H2,1H3. The molecule has 5 heteroatoms. The van der Waals surface area contributed by atoms with Crippen LogP contribution in [0.3, 0.4) is 0 Å². The third-order valence-electron chi connectivity index (χ3n) is 3.66. The molecular formula is C14H18N4O. The summed E-state index contributed by atoms with van der Waals surface area (Å²) in [5, 5.41) is 4.09. The number of nitrogens with zero attached hydrogens (tertiary/aromatic N) is 3. The first-order chi connectivity index (χ1) is 9.25. The van der Waals surface area contributed by atoms with Gasteiger partial charge < -0.3 is 15.2 Å². The molecule has 2 heterocycles. The van der Waals surface area contributed by atoms with Gasteiger partial charge in [-0.3, -0.25) is 0 Å². The van der Waals surface area contributed by atoms with Crippen LogP contribution in [-0.2, 0) is 0 Å². The van der Waals surface area contributed by atoms with Crippen LogP contribution in [0, 0.1) is 6.92 Å². The molecule has 5 nitrogen and oxygen atoms in total. The van der Waals surface area contributed by atoms with Gasteiger partial charge in [0.1, 0.15) is 0 Å². The summed E-state index contributed by atoms with van der Waals surface area (Å²) in [6.45, 7) is 3.99. The molecule has 1 fully saturated rings. The quantitative estimate of drug-likeness (QED) is 0.839. The Morgan fingerprint density at radius 2 is 2.00 bits per heavy atom. The summed E-state index contributed by atoms with van der Waals surface area (Å²) in [4.78, 5) is 6.68. The molecule has 0 amide bonds. The zero-order chi connectivity index (χ0) is 13.2. The van der Waals surface area contributed by atoms with Crippen molar-refractivity contribution in [1.82, 2.24) is 10.1 Å². The second kappa shape index (κ2) is 4.91. The van der Waals surface area contributed by atoms with Crippen LogP contribution in [0.25, 0.3) is 11.5 Å². The zero-order valence-electron chi connectivity index (χ0n) is 11.1. The molecule has 3 rings (SSSR count). The molecule has 0 atom stereocenters. The number of aromatic nitrogens is 2. The molecule has 0 spiro atoms. The molecule has 2 N–H and O–H groups in total. The van der Waals surface area contributed by atoms with Gasteiger partial charge in [0.05, 0.1) is 0 Å². The van der Waals surface area contributed by atoms with Crippen molar-refractivity contribution >= 4 is 11.6 Å². The lowest BCUT2D eigenvalue weighted by Crippen LogP contribution is -2.30. The number of nitrogens with two attached hydrogens (primary N) is 1. The molecule has 1 aromatic heterocycles. The van der Waals surface area contributed by atoms with Crippen molar-refractivity contribution in [1.29, 1.82) is 0 Å². The minimum atomic E-state index is 0.547. The Balaban J connectivity index is 1.90. The van der Waals surface area contributed by atoms with E-state index in [1.54, 1.807) is 0 Å². The summed E-state index contributed by atoms with van der Waals surface area (Å²) in [7, 11) is 0. The van der Waals surface area contributed by atoms with E-state index in [2.05, 4.69) is 15.0 Å². The van der Waals surface area contributed by atoms with E-state index in [-0.39, 0.29) is 0 Å². The van der Waals surface area contributed by atoms with E-state index in [1.165, 1.54) is 19.3 Å². The predicted molar refractivity (Wildman–Crippen MR) is 74.9 cm³/mol. The van der Waals surface area contributed by atoms with Gasteiger partial charge in [0.15, 0.2) is 0 Å². The third kappa shape index (κ3) is 2.28. The number of anilines is 2. The van der Waals surface area contributed by atoms with Gasteiger partial charge >= 0.3 is 0 Å². The predicted octanol–water partition coefficient (Wildman–Crippen LogP) is 2.62. The molecule has 2 aromatic rings. The number of hydrogen-bond donors (Lipinski definition) is 1. The van der Waals surface area contributed by atoms with Crippen LogP contribution in [0.4, 0.5) is 11.6 Å².